The van der Waals surface area contributed by atoms with E-state index >= 15 is 0 Å². The fourth-order valence-corrected chi connectivity index (χ4v) is 1.09. The zero-order chi connectivity index (χ0) is 11.3. The molecule has 0 atom stereocenters. The minimum Gasteiger partial charge on any atom is -0.330 e. The Kier molecular flexibility index (Phi) is 4.26. The maximum absolute atomic E-state index is 13.2. The number of hydrogen-bond donors (Lipinski definition) is 1. The average Bonchev–Trinajstić information content (AvgIpc) is 2.20. The molecule has 0 aromatic heterocycles. The van der Waals surface area contributed by atoms with E-state index in [0.717, 1.165) is 18.6 Å². The summed E-state index contributed by atoms with van der Waals surface area (Å²) in [5.74, 6) is 4.44. The van der Waals surface area contributed by atoms with Gasteiger partial charge in [0.2, 0.25) is 0 Å². The first-order chi connectivity index (χ1) is 7.15. The maximum atomic E-state index is 13.2. The van der Waals surface area contributed by atoms with Gasteiger partial charge in [0.15, 0.2) is 0 Å². The van der Waals surface area contributed by atoms with Gasteiger partial charge in [-0.15, -0.1) is 0 Å². The third-order valence-electron chi connectivity index (χ3n) is 1.98. The van der Waals surface area contributed by atoms with Gasteiger partial charge >= 0.3 is 0 Å². The Hall–Kier alpha value is -1.40. The highest BCUT2D eigenvalue weighted by atomic mass is 19.1. The number of hydrogen-bond acceptors (Lipinski definition) is 1. The van der Waals surface area contributed by atoms with Gasteiger partial charge in [0, 0.05) is 6.42 Å². The lowest BCUT2D eigenvalue weighted by Gasteiger charge is -1.98. The van der Waals surface area contributed by atoms with E-state index in [-0.39, 0.29) is 5.56 Å². The molecule has 0 aliphatic carbocycles. The van der Waals surface area contributed by atoms with Gasteiger partial charge in [0.05, 0.1) is 5.56 Å². The molecule has 0 heterocycles. The number of nitrogens with two attached hydrogens (primary N) is 1. The lowest BCUT2D eigenvalue weighted by molar-refractivity contribution is 0.589. The number of halogens is 2. The molecule has 0 spiro atoms. The third-order valence-corrected chi connectivity index (χ3v) is 1.98. The van der Waals surface area contributed by atoms with Crippen molar-refractivity contribution in [1.29, 1.82) is 0 Å². The number of benzene rings is 1. The van der Waals surface area contributed by atoms with Crippen molar-refractivity contribution in [2.24, 2.45) is 5.73 Å². The van der Waals surface area contributed by atoms with Crippen molar-refractivity contribution in [2.75, 3.05) is 6.54 Å². The largest absolute Gasteiger partial charge is 0.330 e. The Morgan fingerprint density at radius 1 is 1.27 bits per heavy atom. The Labute approximate surface area is 88.3 Å². The fourth-order valence-electron chi connectivity index (χ4n) is 1.09. The molecule has 2 N–H and O–H groups in total. The minimum absolute atomic E-state index is 0.107. The zero-order valence-corrected chi connectivity index (χ0v) is 8.61. The SMILES string of the molecule is Cc1cc(F)c(C#CCCCN)cc1F. The van der Waals surface area contributed by atoms with E-state index in [9.17, 15) is 8.78 Å². The molecule has 0 aliphatic heterocycles. The fraction of sp³-hybridized carbons (Fsp3) is 0.333. The van der Waals surface area contributed by atoms with E-state index in [0.29, 0.717) is 18.5 Å². The standard InChI is InChI=1S/C12H13F2N/c1-9-7-12(14)10(8-11(9)13)5-3-2-4-6-15/h7-8H,2,4,6,15H2,1H3. The molecule has 0 unspecified atom stereocenters. The molecule has 0 bridgehead atoms. The van der Waals surface area contributed by atoms with E-state index in [1.54, 1.807) is 0 Å². The highest BCUT2D eigenvalue weighted by Gasteiger charge is 2.04. The number of rotatable bonds is 2. The molecular weight excluding hydrogens is 196 g/mol. The van der Waals surface area contributed by atoms with Gasteiger partial charge in [-0.2, -0.15) is 0 Å². The van der Waals surface area contributed by atoms with Crippen molar-refractivity contribution in [1.82, 2.24) is 0 Å². The first-order valence-electron chi connectivity index (χ1n) is 4.79. The minimum atomic E-state index is -0.478. The van der Waals surface area contributed by atoms with Crippen LogP contribution in [0.25, 0.3) is 0 Å². The molecule has 1 aromatic rings. The van der Waals surface area contributed by atoms with Crippen LogP contribution in [-0.2, 0) is 0 Å². The quantitative estimate of drug-likeness (QED) is 0.587. The lowest BCUT2D eigenvalue weighted by atomic mass is 10.1. The van der Waals surface area contributed by atoms with Gasteiger partial charge in [-0.25, -0.2) is 8.78 Å². The van der Waals surface area contributed by atoms with Crippen LogP contribution in [0, 0.1) is 30.4 Å². The summed E-state index contributed by atoms with van der Waals surface area (Å²) < 4.78 is 26.3. The molecule has 0 radical (unpaired) electrons. The smallest absolute Gasteiger partial charge is 0.139 e. The van der Waals surface area contributed by atoms with Crippen LogP contribution in [-0.4, -0.2) is 6.54 Å². The van der Waals surface area contributed by atoms with Crippen molar-refractivity contribution in [3.05, 3.63) is 34.9 Å². The molecule has 0 amide bonds. The second-order valence-electron chi connectivity index (χ2n) is 3.28. The molecule has 3 heteroatoms. The summed E-state index contributed by atoms with van der Waals surface area (Å²) in [4.78, 5) is 0. The van der Waals surface area contributed by atoms with Crippen LogP contribution in [0.1, 0.15) is 24.0 Å². The van der Waals surface area contributed by atoms with Crippen LogP contribution >= 0.6 is 0 Å². The Morgan fingerprint density at radius 3 is 2.67 bits per heavy atom. The van der Waals surface area contributed by atoms with E-state index in [1.165, 1.54) is 6.92 Å². The van der Waals surface area contributed by atoms with Crippen molar-refractivity contribution in [3.8, 4) is 11.8 Å². The molecule has 15 heavy (non-hydrogen) atoms. The first-order valence-corrected chi connectivity index (χ1v) is 4.79. The predicted molar refractivity (Wildman–Crippen MR) is 56.3 cm³/mol. The predicted octanol–water partition coefficient (Wildman–Crippen LogP) is 2.36. The summed E-state index contributed by atoms with van der Waals surface area (Å²) in [6.45, 7) is 2.07. The normalized spacial score (nSPS) is 9.60. The van der Waals surface area contributed by atoms with Crippen molar-refractivity contribution >= 4 is 0 Å². The summed E-state index contributed by atoms with van der Waals surface area (Å²) in [5.41, 5.74) is 5.68. The van der Waals surface area contributed by atoms with Crippen LogP contribution in [0.5, 0.6) is 0 Å². The Bertz CT molecular complexity index is 402. The van der Waals surface area contributed by atoms with Crippen molar-refractivity contribution in [2.45, 2.75) is 19.8 Å². The van der Waals surface area contributed by atoms with Crippen LogP contribution < -0.4 is 5.73 Å². The number of unbranched alkanes of at least 4 members (excludes halogenated alkanes) is 1. The van der Waals surface area contributed by atoms with Crippen LogP contribution in [0.4, 0.5) is 8.78 Å². The second kappa shape index (κ2) is 5.47. The lowest BCUT2D eigenvalue weighted by Crippen LogP contribution is -1.96. The molecular formula is C12H13F2N. The summed E-state index contributed by atoms with van der Waals surface area (Å²) in [5, 5.41) is 0. The second-order valence-corrected chi connectivity index (χ2v) is 3.28. The van der Waals surface area contributed by atoms with Crippen molar-refractivity contribution in [3.63, 3.8) is 0 Å². The molecule has 0 saturated heterocycles. The van der Waals surface area contributed by atoms with Crippen LogP contribution in [0.15, 0.2) is 12.1 Å². The zero-order valence-electron chi connectivity index (χ0n) is 8.61. The van der Waals surface area contributed by atoms with E-state index < -0.39 is 11.6 Å². The summed E-state index contributed by atoms with van der Waals surface area (Å²) >= 11 is 0. The van der Waals surface area contributed by atoms with Crippen LogP contribution in [0.2, 0.25) is 0 Å². The molecule has 1 aromatic carbocycles. The van der Waals surface area contributed by atoms with Gasteiger partial charge in [-0.1, -0.05) is 11.8 Å². The summed E-state index contributed by atoms with van der Waals surface area (Å²) in [7, 11) is 0. The molecule has 80 valence electrons. The van der Waals surface area contributed by atoms with Gasteiger partial charge < -0.3 is 5.73 Å². The van der Waals surface area contributed by atoms with E-state index in [1.807, 2.05) is 0 Å². The van der Waals surface area contributed by atoms with E-state index in [2.05, 4.69) is 11.8 Å². The number of aryl methyl sites for hydroxylation is 1. The first kappa shape index (κ1) is 11.7. The van der Waals surface area contributed by atoms with Gasteiger partial charge in [-0.3, -0.25) is 0 Å². The highest BCUT2D eigenvalue weighted by molar-refractivity contribution is 5.38. The summed E-state index contributed by atoms with van der Waals surface area (Å²) in [6, 6.07) is 2.28. The third kappa shape index (κ3) is 3.34. The van der Waals surface area contributed by atoms with Crippen LogP contribution in [0.3, 0.4) is 0 Å². The van der Waals surface area contributed by atoms with Gasteiger partial charge in [0.25, 0.3) is 0 Å². The molecule has 1 nitrogen and oxygen atoms in total. The molecule has 1 rings (SSSR count). The highest BCUT2D eigenvalue weighted by Crippen LogP contribution is 2.12. The Balaban J connectivity index is 2.84. The topological polar surface area (TPSA) is 26.0 Å². The monoisotopic (exact) mass is 209 g/mol. The average molecular weight is 209 g/mol. The maximum Gasteiger partial charge on any atom is 0.139 e. The molecule has 0 aliphatic rings. The molecule has 0 saturated carbocycles. The van der Waals surface area contributed by atoms with Gasteiger partial charge in [-0.05, 0) is 37.6 Å². The van der Waals surface area contributed by atoms with Crippen molar-refractivity contribution < 1.29 is 8.78 Å². The Morgan fingerprint density at radius 2 is 2.00 bits per heavy atom. The van der Waals surface area contributed by atoms with E-state index in [4.69, 9.17) is 5.73 Å². The van der Waals surface area contributed by atoms with Gasteiger partial charge in [0.1, 0.15) is 11.6 Å². The summed E-state index contributed by atoms with van der Waals surface area (Å²) in [6.07, 6.45) is 1.37. The molecule has 0 fully saturated rings.